The van der Waals surface area contributed by atoms with Crippen LogP contribution in [0.2, 0.25) is 0 Å². The highest BCUT2D eigenvalue weighted by molar-refractivity contribution is 7.91. The van der Waals surface area contributed by atoms with Gasteiger partial charge in [-0.15, -0.1) is 0 Å². The molecule has 1 heterocycles. The number of aryl methyl sites for hydroxylation is 1. The van der Waals surface area contributed by atoms with Crippen LogP contribution in [0.15, 0.2) is 58.5 Å². The van der Waals surface area contributed by atoms with Crippen molar-refractivity contribution in [3.8, 4) is 0 Å². The van der Waals surface area contributed by atoms with E-state index >= 15 is 0 Å². The van der Waals surface area contributed by atoms with E-state index in [1.807, 2.05) is 25.1 Å². The van der Waals surface area contributed by atoms with Gasteiger partial charge in [-0.2, -0.15) is 5.10 Å². The third-order valence-corrected chi connectivity index (χ3v) is 6.14. The smallest absolute Gasteiger partial charge is 0.271 e. The van der Waals surface area contributed by atoms with Crippen molar-refractivity contribution < 1.29 is 18.0 Å². The largest absolute Gasteiger partial charge is 0.321 e. The Balaban J connectivity index is 1.78. The highest BCUT2D eigenvalue weighted by Crippen LogP contribution is 2.22. The lowest BCUT2D eigenvalue weighted by atomic mass is 10.1. The first-order valence-corrected chi connectivity index (χ1v) is 10.6. The van der Waals surface area contributed by atoms with Gasteiger partial charge in [0.15, 0.2) is 9.84 Å². The Morgan fingerprint density at radius 1 is 1.14 bits per heavy atom. The van der Waals surface area contributed by atoms with Crippen LogP contribution in [0.25, 0.3) is 0 Å². The van der Waals surface area contributed by atoms with Gasteiger partial charge in [-0.25, -0.2) is 13.4 Å². The van der Waals surface area contributed by atoms with Gasteiger partial charge in [-0.3, -0.25) is 9.59 Å². The number of rotatable bonds is 5. The molecular weight excluding hydrogens is 378 g/mol. The Morgan fingerprint density at radius 2 is 1.86 bits per heavy atom. The van der Waals surface area contributed by atoms with E-state index in [1.54, 1.807) is 13.0 Å². The Labute approximate surface area is 164 Å². The van der Waals surface area contributed by atoms with Crippen LogP contribution in [0, 0.1) is 6.92 Å². The van der Waals surface area contributed by atoms with Gasteiger partial charge in [0.1, 0.15) is 5.71 Å². The SMILES string of the molecule is CCS(=O)(=O)c1ccc(NC(=O)C2=NN(c3cccc(C)c3)C(=O)CC2)cc1. The summed E-state index contributed by atoms with van der Waals surface area (Å²) in [6, 6.07) is 13.3. The summed E-state index contributed by atoms with van der Waals surface area (Å²) in [6.07, 6.45) is 0.434. The van der Waals surface area contributed by atoms with E-state index in [4.69, 9.17) is 0 Å². The maximum atomic E-state index is 12.6. The molecule has 0 bridgehead atoms. The van der Waals surface area contributed by atoms with E-state index in [0.29, 0.717) is 11.4 Å². The predicted octanol–water partition coefficient (Wildman–Crippen LogP) is 2.91. The summed E-state index contributed by atoms with van der Waals surface area (Å²) < 4.78 is 23.7. The zero-order chi connectivity index (χ0) is 20.3. The lowest BCUT2D eigenvalue weighted by Gasteiger charge is -2.23. The molecule has 2 aromatic rings. The molecule has 0 saturated heterocycles. The average molecular weight is 399 g/mol. The highest BCUT2D eigenvalue weighted by atomic mass is 32.2. The molecule has 0 unspecified atom stereocenters. The third-order valence-electron chi connectivity index (χ3n) is 4.39. The molecule has 28 heavy (non-hydrogen) atoms. The molecule has 1 aliphatic heterocycles. The molecule has 0 atom stereocenters. The molecule has 1 N–H and O–H groups in total. The monoisotopic (exact) mass is 399 g/mol. The van der Waals surface area contributed by atoms with E-state index in [1.165, 1.54) is 29.3 Å². The van der Waals surface area contributed by atoms with E-state index < -0.39 is 15.7 Å². The second-order valence-electron chi connectivity index (χ2n) is 6.47. The van der Waals surface area contributed by atoms with E-state index in [0.717, 1.165) is 5.56 Å². The lowest BCUT2D eigenvalue weighted by Crippen LogP contribution is -2.36. The normalized spacial score (nSPS) is 14.6. The molecule has 0 saturated carbocycles. The van der Waals surface area contributed by atoms with Crippen LogP contribution in [-0.4, -0.2) is 31.7 Å². The molecule has 2 aromatic carbocycles. The van der Waals surface area contributed by atoms with Gasteiger partial charge in [0, 0.05) is 18.5 Å². The van der Waals surface area contributed by atoms with Crippen LogP contribution in [-0.2, 0) is 19.4 Å². The van der Waals surface area contributed by atoms with Crippen molar-refractivity contribution in [2.75, 3.05) is 16.1 Å². The van der Waals surface area contributed by atoms with Gasteiger partial charge in [-0.05, 0) is 48.9 Å². The number of sulfone groups is 1. The van der Waals surface area contributed by atoms with Crippen LogP contribution in [0.5, 0.6) is 0 Å². The van der Waals surface area contributed by atoms with Crippen molar-refractivity contribution in [1.82, 2.24) is 0 Å². The minimum Gasteiger partial charge on any atom is -0.321 e. The number of hydrogen-bond acceptors (Lipinski definition) is 5. The summed E-state index contributed by atoms with van der Waals surface area (Å²) in [5.41, 5.74) is 2.30. The first-order valence-electron chi connectivity index (χ1n) is 8.91. The predicted molar refractivity (Wildman–Crippen MR) is 108 cm³/mol. The molecule has 2 amide bonds. The summed E-state index contributed by atoms with van der Waals surface area (Å²) in [5.74, 6) is -0.578. The molecule has 8 heteroatoms. The fourth-order valence-corrected chi connectivity index (χ4v) is 3.68. The second kappa shape index (κ2) is 7.93. The van der Waals surface area contributed by atoms with E-state index in [-0.39, 0.29) is 35.1 Å². The van der Waals surface area contributed by atoms with Crippen LogP contribution in [0.1, 0.15) is 25.3 Å². The molecule has 0 spiro atoms. The number of carbonyl (C=O) groups is 2. The van der Waals surface area contributed by atoms with Gasteiger partial charge in [-0.1, -0.05) is 19.1 Å². The fraction of sp³-hybridized carbons (Fsp3) is 0.250. The maximum Gasteiger partial charge on any atom is 0.271 e. The molecule has 0 aliphatic carbocycles. The summed E-state index contributed by atoms with van der Waals surface area (Å²) in [7, 11) is -3.29. The van der Waals surface area contributed by atoms with Crippen molar-refractivity contribution in [1.29, 1.82) is 0 Å². The Kier molecular flexibility index (Phi) is 5.60. The van der Waals surface area contributed by atoms with E-state index in [9.17, 15) is 18.0 Å². The molecule has 0 fully saturated rings. The molecule has 146 valence electrons. The van der Waals surface area contributed by atoms with Crippen molar-refractivity contribution >= 4 is 38.7 Å². The van der Waals surface area contributed by atoms with Gasteiger partial charge >= 0.3 is 0 Å². The van der Waals surface area contributed by atoms with E-state index in [2.05, 4.69) is 10.4 Å². The lowest BCUT2D eigenvalue weighted by molar-refractivity contribution is -0.118. The number of amides is 2. The fourth-order valence-electron chi connectivity index (χ4n) is 2.79. The quantitative estimate of drug-likeness (QED) is 0.836. The summed E-state index contributed by atoms with van der Waals surface area (Å²) in [4.78, 5) is 25.0. The van der Waals surface area contributed by atoms with Gasteiger partial charge in [0.05, 0.1) is 16.3 Å². The third kappa shape index (κ3) is 4.28. The molecule has 7 nitrogen and oxygen atoms in total. The number of carbonyl (C=O) groups excluding carboxylic acids is 2. The molecule has 0 radical (unpaired) electrons. The molecule has 3 rings (SSSR count). The number of nitrogens with zero attached hydrogens (tertiary/aromatic N) is 2. The molecule has 0 aromatic heterocycles. The minimum absolute atomic E-state index is 0.0122. The number of hydrogen-bond donors (Lipinski definition) is 1. The van der Waals surface area contributed by atoms with Crippen LogP contribution in [0.3, 0.4) is 0 Å². The second-order valence-corrected chi connectivity index (χ2v) is 8.75. The zero-order valence-electron chi connectivity index (χ0n) is 15.7. The number of hydrazone groups is 1. The van der Waals surface area contributed by atoms with Gasteiger partial charge in [0.25, 0.3) is 5.91 Å². The molecule has 1 aliphatic rings. The Bertz CT molecular complexity index is 1040. The van der Waals surface area contributed by atoms with Crippen LogP contribution < -0.4 is 10.3 Å². The van der Waals surface area contributed by atoms with Crippen molar-refractivity contribution in [2.45, 2.75) is 31.6 Å². The summed E-state index contributed by atoms with van der Waals surface area (Å²) in [6.45, 7) is 3.49. The van der Waals surface area contributed by atoms with Crippen LogP contribution in [0.4, 0.5) is 11.4 Å². The standard InChI is InChI=1S/C20H21N3O4S/c1-3-28(26,27)17-9-7-15(8-10-17)21-20(25)18-11-12-19(24)23(22-18)16-6-4-5-14(2)13-16/h4-10,13H,3,11-12H2,1-2H3,(H,21,25). The number of anilines is 2. The maximum absolute atomic E-state index is 12.6. The minimum atomic E-state index is -3.29. The van der Waals surface area contributed by atoms with Crippen molar-refractivity contribution in [2.24, 2.45) is 5.10 Å². The van der Waals surface area contributed by atoms with Gasteiger partial charge in [0.2, 0.25) is 5.91 Å². The molecular formula is C20H21N3O4S. The Hall–Kier alpha value is -3.00. The Morgan fingerprint density at radius 3 is 2.50 bits per heavy atom. The van der Waals surface area contributed by atoms with Gasteiger partial charge < -0.3 is 5.32 Å². The van der Waals surface area contributed by atoms with Crippen molar-refractivity contribution in [3.05, 3.63) is 54.1 Å². The number of nitrogens with one attached hydrogen (secondary N) is 1. The average Bonchev–Trinajstić information content (AvgIpc) is 2.68. The first kappa shape index (κ1) is 19.8. The topological polar surface area (TPSA) is 95.9 Å². The summed E-state index contributed by atoms with van der Waals surface area (Å²) in [5, 5.41) is 8.19. The zero-order valence-corrected chi connectivity index (χ0v) is 16.5. The van der Waals surface area contributed by atoms with Crippen LogP contribution >= 0.6 is 0 Å². The highest BCUT2D eigenvalue weighted by Gasteiger charge is 2.25. The van der Waals surface area contributed by atoms with Crippen molar-refractivity contribution in [3.63, 3.8) is 0 Å². The summed E-state index contributed by atoms with van der Waals surface area (Å²) >= 11 is 0. The first-order chi connectivity index (χ1) is 13.3. The number of benzene rings is 2.